The number of rotatable bonds is 5. The van der Waals surface area contributed by atoms with Crippen LogP contribution in [0.25, 0.3) is 0 Å². The van der Waals surface area contributed by atoms with E-state index in [1.165, 1.54) is 0 Å². The molecular formula is C15H16O. The van der Waals surface area contributed by atoms with E-state index in [-0.39, 0.29) is 5.78 Å². The molecule has 82 valence electrons. The van der Waals surface area contributed by atoms with Crippen LogP contribution in [0.15, 0.2) is 66.8 Å². The van der Waals surface area contributed by atoms with Crippen molar-refractivity contribution in [2.45, 2.75) is 13.3 Å². The SMILES string of the molecule is C=C/C=C\C(=C/CC)C(=O)c1ccccc1. The summed E-state index contributed by atoms with van der Waals surface area (Å²) in [6, 6.07) is 9.29. The highest BCUT2D eigenvalue weighted by atomic mass is 16.1. The van der Waals surface area contributed by atoms with Crippen LogP contribution >= 0.6 is 0 Å². The Kier molecular flexibility index (Phi) is 5.00. The van der Waals surface area contributed by atoms with Crippen molar-refractivity contribution >= 4 is 5.78 Å². The lowest BCUT2D eigenvalue weighted by atomic mass is 10.0. The van der Waals surface area contributed by atoms with Crippen molar-refractivity contribution in [3.63, 3.8) is 0 Å². The minimum Gasteiger partial charge on any atom is -0.289 e. The Labute approximate surface area is 96.8 Å². The molecule has 0 saturated heterocycles. The molecule has 1 rings (SSSR count). The summed E-state index contributed by atoms with van der Waals surface area (Å²) in [6.07, 6.45) is 8.01. The monoisotopic (exact) mass is 212 g/mol. The van der Waals surface area contributed by atoms with Gasteiger partial charge < -0.3 is 0 Å². The molecule has 0 aliphatic rings. The van der Waals surface area contributed by atoms with Crippen molar-refractivity contribution in [1.29, 1.82) is 0 Å². The zero-order chi connectivity index (χ0) is 11.8. The number of hydrogen-bond acceptors (Lipinski definition) is 1. The first-order valence-electron chi connectivity index (χ1n) is 5.38. The summed E-state index contributed by atoms with van der Waals surface area (Å²) >= 11 is 0. The molecule has 0 bridgehead atoms. The highest BCUT2D eigenvalue weighted by molar-refractivity contribution is 6.10. The second-order valence-electron chi connectivity index (χ2n) is 3.36. The number of carbonyl (C=O) groups is 1. The smallest absolute Gasteiger partial charge is 0.192 e. The van der Waals surface area contributed by atoms with Crippen molar-refractivity contribution in [1.82, 2.24) is 0 Å². The molecule has 0 aromatic heterocycles. The van der Waals surface area contributed by atoms with E-state index in [4.69, 9.17) is 0 Å². The molecule has 1 aromatic rings. The van der Waals surface area contributed by atoms with Crippen molar-refractivity contribution in [2.75, 3.05) is 0 Å². The average molecular weight is 212 g/mol. The van der Waals surface area contributed by atoms with Gasteiger partial charge in [0.05, 0.1) is 0 Å². The van der Waals surface area contributed by atoms with Gasteiger partial charge >= 0.3 is 0 Å². The summed E-state index contributed by atoms with van der Waals surface area (Å²) in [7, 11) is 0. The van der Waals surface area contributed by atoms with Crippen LogP contribution in [-0.4, -0.2) is 5.78 Å². The minimum absolute atomic E-state index is 0.0561. The van der Waals surface area contributed by atoms with E-state index in [2.05, 4.69) is 6.58 Å². The molecular weight excluding hydrogens is 196 g/mol. The molecule has 0 heterocycles. The standard InChI is InChI=1S/C15H16O/c1-3-5-10-13(9-4-2)15(16)14-11-7-6-8-12-14/h3,5-12H,1,4H2,2H3/b10-5-,13-9+. The highest BCUT2D eigenvalue weighted by Gasteiger charge is 2.07. The lowest BCUT2D eigenvalue weighted by Crippen LogP contribution is -2.01. The van der Waals surface area contributed by atoms with Crippen molar-refractivity contribution in [3.05, 3.63) is 72.4 Å². The average Bonchev–Trinajstić information content (AvgIpc) is 2.35. The first kappa shape index (κ1) is 12.2. The molecule has 0 N–H and O–H groups in total. The summed E-state index contributed by atoms with van der Waals surface area (Å²) in [5, 5.41) is 0. The molecule has 1 aromatic carbocycles. The number of carbonyl (C=O) groups excluding carboxylic acids is 1. The third-order valence-electron chi connectivity index (χ3n) is 2.13. The predicted octanol–water partition coefficient (Wildman–Crippen LogP) is 3.95. The Morgan fingerprint density at radius 2 is 2.00 bits per heavy atom. The fraction of sp³-hybridized carbons (Fsp3) is 0.133. The van der Waals surface area contributed by atoms with E-state index in [1.807, 2.05) is 43.3 Å². The van der Waals surface area contributed by atoms with Gasteiger partial charge in [-0.25, -0.2) is 0 Å². The van der Waals surface area contributed by atoms with Crippen molar-refractivity contribution < 1.29 is 4.79 Å². The Morgan fingerprint density at radius 1 is 1.31 bits per heavy atom. The highest BCUT2D eigenvalue weighted by Crippen LogP contribution is 2.10. The zero-order valence-electron chi connectivity index (χ0n) is 9.52. The van der Waals surface area contributed by atoms with Crippen LogP contribution in [0.5, 0.6) is 0 Å². The Bertz CT molecular complexity index is 410. The molecule has 0 radical (unpaired) electrons. The summed E-state index contributed by atoms with van der Waals surface area (Å²) in [5.41, 5.74) is 1.43. The van der Waals surface area contributed by atoms with Crippen LogP contribution in [0.3, 0.4) is 0 Å². The quantitative estimate of drug-likeness (QED) is 0.410. The van der Waals surface area contributed by atoms with Crippen LogP contribution in [-0.2, 0) is 0 Å². The maximum Gasteiger partial charge on any atom is 0.192 e. The van der Waals surface area contributed by atoms with Gasteiger partial charge in [-0.3, -0.25) is 4.79 Å². The molecule has 0 amide bonds. The van der Waals surface area contributed by atoms with Crippen LogP contribution in [0, 0.1) is 0 Å². The van der Waals surface area contributed by atoms with Crippen LogP contribution in [0.2, 0.25) is 0 Å². The van der Waals surface area contributed by atoms with Gasteiger partial charge in [-0.05, 0) is 6.42 Å². The lowest BCUT2D eigenvalue weighted by Gasteiger charge is -2.01. The molecule has 1 heteroatoms. The Balaban J connectivity index is 2.97. The summed E-state index contributed by atoms with van der Waals surface area (Å²) < 4.78 is 0. The Morgan fingerprint density at radius 3 is 2.56 bits per heavy atom. The second kappa shape index (κ2) is 6.57. The van der Waals surface area contributed by atoms with E-state index in [0.717, 1.165) is 12.0 Å². The van der Waals surface area contributed by atoms with Crippen LogP contribution in [0.4, 0.5) is 0 Å². The van der Waals surface area contributed by atoms with Gasteiger partial charge in [0.15, 0.2) is 5.78 Å². The number of Topliss-reactive ketones (excluding diaryl/α,β-unsaturated/α-hetero) is 1. The molecule has 0 spiro atoms. The maximum absolute atomic E-state index is 12.1. The zero-order valence-corrected chi connectivity index (χ0v) is 9.52. The molecule has 0 atom stereocenters. The normalized spacial score (nSPS) is 11.7. The molecule has 1 nitrogen and oxygen atoms in total. The summed E-state index contributed by atoms with van der Waals surface area (Å²) in [6.45, 7) is 5.61. The number of allylic oxidation sites excluding steroid dienone is 5. The topological polar surface area (TPSA) is 17.1 Å². The van der Waals surface area contributed by atoms with Crippen molar-refractivity contribution in [3.8, 4) is 0 Å². The van der Waals surface area contributed by atoms with E-state index in [9.17, 15) is 4.79 Å². The third kappa shape index (κ3) is 3.35. The molecule has 16 heavy (non-hydrogen) atoms. The predicted molar refractivity (Wildman–Crippen MR) is 68.5 cm³/mol. The van der Waals surface area contributed by atoms with Crippen LogP contribution < -0.4 is 0 Å². The number of benzene rings is 1. The van der Waals surface area contributed by atoms with E-state index in [1.54, 1.807) is 18.2 Å². The second-order valence-corrected chi connectivity index (χ2v) is 3.36. The van der Waals surface area contributed by atoms with Crippen molar-refractivity contribution in [2.24, 2.45) is 0 Å². The largest absolute Gasteiger partial charge is 0.289 e. The molecule has 0 fully saturated rings. The van der Waals surface area contributed by atoms with Gasteiger partial charge in [0, 0.05) is 11.1 Å². The van der Waals surface area contributed by atoms with E-state index >= 15 is 0 Å². The summed E-state index contributed by atoms with van der Waals surface area (Å²) in [4.78, 5) is 12.1. The van der Waals surface area contributed by atoms with E-state index in [0.29, 0.717) is 5.57 Å². The number of ketones is 1. The fourth-order valence-electron chi connectivity index (χ4n) is 1.38. The summed E-state index contributed by atoms with van der Waals surface area (Å²) in [5.74, 6) is 0.0561. The molecule has 0 aliphatic heterocycles. The van der Waals surface area contributed by atoms with Crippen LogP contribution in [0.1, 0.15) is 23.7 Å². The van der Waals surface area contributed by atoms with Gasteiger partial charge in [-0.1, -0.05) is 68.1 Å². The molecule has 0 aliphatic carbocycles. The van der Waals surface area contributed by atoms with Gasteiger partial charge in [0.2, 0.25) is 0 Å². The first-order valence-corrected chi connectivity index (χ1v) is 5.38. The minimum atomic E-state index is 0.0561. The number of hydrogen-bond donors (Lipinski definition) is 0. The lowest BCUT2D eigenvalue weighted by molar-refractivity contribution is 0.103. The molecule has 0 saturated carbocycles. The molecule has 0 unspecified atom stereocenters. The van der Waals surface area contributed by atoms with Gasteiger partial charge in [0.1, 0.15) is 0 Å². The maximum atomic E-state index is 12.1. The van der Waals surface area contributed by atoms with Gasteiger partial charge in [-0.2, -0.15) is 0 Å². The fourth-order valence-corrected chi connectivity index (χ4v) is 1.38. The Hall–Kier alpha value is -1.89. The van der Waals surface area contributed by atoms with Gasteiger partial charge in [0.25, 0.3) is 0 Å². The van der Waals surface area contributed by atoms with Gasteiger partial charge in [-0.15, -0.1) is 0 Å². The third-order valence-corrected chi connectivity index (χ3v) is 2.13. The van der Waals surface area contributed by atoms with E-state index < -0.39 is 0 Å². The first-order chi connectivity index (χ1) is 7.79.